The summed E-state index contributed by atoms with van der Waals surface area (Å²) in [5.41, 5.74) is 3.53. The summed E-state index contributed by atoms with van der Waals surface area (Å²) in [4.78, 5) is 11.6. The standard InChI is InChI=1S/C15H13ClN4.H2S/c16-15-19-13-11(7-8-17-13)14(20-15)18-12-6-5-9-3-1-2-4-10(9)12;/h1-4,7-8,12H,5-6H2,(H2,17,18,19,20);1H2/t12-;/m0./s1. The fourth-order valence-corrected chi connectivity index (χ4v) is 3.07. The van der Waals surface area contributed by atoms with Crippen LogP contribution in [0, 0.1) is 0 Å². The lowest BCUT2D eigenvalue weighted by molar-refractivity contribution is 0.758. The highest BCUT2D eigenvalue weighted by atomic mass is 35.5. The molecule has 0 saturated carbocycles. The molecule has 0 spiro atoms. The van der Waals surface area contributed by atoms with Crippen LogP contribution in [0.4, 0.5) is 5.82 Å². The summed E-state index contributed by atoms with van der Waals surface area (Å²) >= 11 is 5.98. The average Bonchev–Trinajstić information content (AvgIpc) is 3.06. The molecule has 2 heterocycles. The molecule has 0 fully saturated rings. The summed E-state index contributed by atoms with van der Waals surface area (Å²) in [5, 5.41) is 4.74. The van der Waals surface area contributed by atoms with Crippen LogP contribution in [0.25, 0.3) is 11.0 Å². The van der Waals surface area contributed by atoms with E-state index in [1.807, 2.05) is 12.3 Å². The van der Waals surface area contributed by atoms with Gasteiger partial charge in [0.2, 0.25) is 5.28 Å². The van der Waals surface area contributed by atoms with Crippen molar-refractivity contribution in [3.8, 4) is 0 Å². The Bertz CT molecular complexity index is 786. The van der Waals surface area contributed by atoms with Gasteiger partial charge in [0, 0.05) is 6.20 Å². The molecule has 2 N–H and O–H groups in total. The Kier molecular flexibility index (Phi) is 3.78. The first-order valence-corrected chi connectivity index (χ1v) is 7.04. The van der Waals surface area contributed by atoms with Crippen molar-refractivity contribution in [2.45, 2.75) is 18.9 Å². The first-order valence-electron chi connectivity index (χ1n) is 6.66. The summed E-state index contributed by atoms with van der Waals surface area (Å²) in [6, 6.07) is 10.8. The van der Waals surface area contributed by atoms with E-state index in [9.17, 15) is 0 Å². The smallest absolute Gasteiger partial charge is 0.226 e. The van der Waals surface area contributed by atoms with Crippen molar-refractivity contribution < 1.29 is 0 Å². The van der Waals surface area contributed by atoms with Crippen LogP contribution in [0.5, 0.6) is 0 Å². The normalized spacial score (nSPS) is 16.5. The maximum atomic E-state index is 5.98. The van der Waals surface area contributed by atoms with E-state index >= 15 is 0 Å². The second-order valence-electron chi connectivity index (χ2n) is 5.02. The number of nitrogens with one attached hydrogen (secondary N) is 2. The van der Waals surface area contributed by atoms with Crippen molar-refractivity contribution in [1.29, 1.82) is 0 Å². The molecule has 3 aromatic rings. The third kappa shape index (κ3) is 2.47. The number of aromatic amines is 1. The molecule has 6 heteroatoms. The Balaban J connectivity index is 0.00000132. The molecule has 0 saturated heterocycles. The summed E-state index contributed by atoms with van der Waals surface area (Å²) in [6.45, 7) is 0. The van der Waals surface area contributed by atoms with Gasteiger partial charge >= 0.3 is 0 Å². The van der Waals surface area contributed by atoms with E-state index in [1.165, 1.54) is 11.1 Å². The van der Waals surface area contributed by atoms with Crippen LogP contribution in [0.15, 0.2) is 36.5 Å². The molecule has 0 amide bonds. The van der Waals surface area contributed by atoms with Crippen LogP contribution in [0.2, 0.25) is 5.28 Å². The zero-order valence-corrected chi connectivity index (χ0v) is 13.0. The molecule has 2 aromatic heterocycles. The van der Waals surface area contributed by atoms with E-state index < -0.39 is 0 Å². The Morgan fingerprint density at radius 3 is 2.95 bits per heavy atom. The minimum absolute atomic E-state index is 0. The van der Waals surface area contributed by atoms with Crippen molar-refractivity contribution in [3.05, 3.63) is 52.9 Å². The van der Waals surface area contributed by atoms with Gasteiger partial charge in [0.25, 0.3) is 0 Å². The van der Waals surface area contributed by atoms with Crippen LogP contribution < -0.4 is 5.32 Å². The number of H-pyrrole nitrogens is 1. The molecule has 1 aromatic carbocycles. The van der Waals surface area contributed by atoms with E-state index in [0.717, 1.165) is 29.7 Å². The molecule has 1 atom stereocenters. The van der Waals surface area contributed by atoms with Gasteiger partial charge in [-0.05, 0) is 41.6 Å². The van der Waals surface area contributed by atoms with Gasteiger partial charge in [-0.15, -0.1) is 0 Å². The third-order valence-corrected chi connectivity index (χ3v) is 4.00. The maximum Gasteiger partial charge on any atom is 0.226 e. The molecule has 0 radical (unpaired) electrons. The number of hydrogen-bond donors (Lipinski definition) is 2. The summed E-state index contributed by atoms with van der Waals surface area (Å²) in [7, 11) is 0. The second kappa shape index (κ2) is 5.58. The van der Waals surface area contributed by atoms with Crippen LogP contribution >= 0.6 is 25.1 Å². The lowest BCUT2D eigenvalue weighted by Gasteiger charge is -2.15. The van der Waals surface area contributed by atoms with E-state index in [2.05, 4.69) is 44.5 Å². The molecule has 0 aliphatic heterocycles. The number of aryl methyl sites for hydroxylation is 1. The van der Waals surface area contributed by atoms with Crippen LogP contribution in [-0.2, 0) is 6.42 Å². The highest BCUT2D eigenvalue weighted by molar-refractivity contribution is 7.59. The van der Waals surface area contributed by atoms with Crippen molar-refractivity contribution in [3.63, 3.8) is 0 Å². The fraction of sp³-hybridized carbons (Fsp3) is 0.200. The molecular weight excluding hydrogens is 304 g/mol. The van der Waals surface area contributed by atoms with Crippen LogP contribution in [0.3, 0.4) is 0 Å². The van der Waals surface area contributed by atoms with Crippen molar-refractivity contribution in [1.82, 2.24) is 15.0 Å². The Morgan fingerprint density at radius 1 is 1.19 bits per heavy atom. The second-order valence-corrected chi connectivity index (χ2v) is 5.35. The number of anilines is 1. The van der Waals surface area contributed by atoms with Crippen LogP contribution in [0.1, 0.15) is 23.6 Å². The number of halogens is 1. The lowest BCUT2D eigenvalue weighted by Crippen LogP contribution is -2.09. The zero-order chi connectivity index (χ0) is 13.5. The van der Waals surface area contributed by atoms with Crippen molar-refractivity contribution >= 4 is 41.9 Å². The first-order chi connectivity index (χ1) is 9.81. The Hall–Kier alpha value is -1.72. The number of aromatic nitrogens is 3. The number of nitrogens with zero attached hydrogens (tertiary/aromatic N) is 2. The average molecular weight is 319 g/mol. The van der Waals surface area contributed by atoms with Gasteiger partial charge < -0.3 is 10.3 Å². The maximum absolute atomic E-state index is 5.98. The van der Waals surface area contributed by atoms with E-state index in [0.29, 0.717) is 0 Å². The van der Waals surface area contributed by atoms with E-state index in [4.69, 9.17) is 11.6 Å². The van der Waals surface area contributed by atoms with Crippen molar-refractivity contribution in [2.75, 3.05) is 5.32 Å². The van der Waals surface area contributed by atoms with Gasteiger partial charge in [-0.1, -0.05) is 24.3 Å². The molecule has 4 nitrogen and oxygen atoms in total. The number of hydrogen-bond acceptors (Lipinski definition) is 3. The molecule has 1 aliphatic rings. The van der Waals surface area contributed by atoms with Crippen molar-refractivity contribution in [2.24, 2.45) is 0 Å². The predicted molar refractivity (Wildman–Crippen MR) is 90.4 cm³/mol. The van der Waals surface area contributed by atoms with E-state index in [1.54, 1.807) is 0 Å². The van der Waals surface area contributed by atoms with Gasteiger partial charge in [0.1, 0.15) is 11.5 Å². The molecule has 0 bridgehead atoms. The molecule has 21 heavy (non-hydrogen) atoms. The highest BCUT2D eigenvalue weighted by Gasteiger charge is 2.23. The van der Waals surface area contributed by atoms with E-state index in [-0.39, 0.29) is 24.8 Å². The molecule has 0 unspecified atom stereocenters. The molecular formula is C15H15ClN4S. The first kappa shape index (κ1) is 14.2. The van der Waals surface area contributed by atoms with Crippen LogP contribution in [-0.4, -0.2) is 15.0 Å². The Morgan fingerprint density at radius 2 is 2.05 bits per heavy atom. The quantitative estimate of drug-likeness (QED) is 0.706. The SMILES string of the molecule is Clc1nc(N[C@H]2CCc3ccccc32)c2cc[nH]c2n1.S. The topological polar surface area (TPSA) is 53.6 Å². The monoisotopic (exact) mass is 318 g/mol. The fourth-order valence-electron chi connectivity index (χ4n) is 2.90. The third-order valence-electron chi connectivity index (χ3n) is 3.83. The zero-order valence-electron chi connectivity index (χ0n) is 11.2. The summed E-state index contributed by atoms with van der Waals surface area (Å²) in [5.74, 6) is 0.794. The minimum Gasteiger partial charge on any atom is -0.363 e. The van der Waals surface area contributed by atoms with Gasteiger partial charge in [0.05, 0.1) is 11.4 Å². The van der Waals surface area contributed by atoms with Gasteiger partial charge in [0.15, 0.2) is 0 Å². The number of benzene rings is 1. The summed E-state index contributed by atoms with van der Waals surface area (Å²) in [6.07, 6.45) is 4.03. The number of rotatable bonds is 2. The number of fused-ring (bicyclic) bond motifs is 2. The minimum atomic E-state index is 0. The summed E-state index contributed by atoms with van der Waals surface area (Å²) < 4.78 is 0. The molecule has 4 rings (SSSR count). The lowest BCUT2D eigenvalue weighted by atomic mass is 10.1. The van der Waals surface area contributed by atoms with Gasteiger partial charge in [-0.3, -0.25) is 0 Å². The predicted octanol–water partition coefficient (Wildman–Crippen LogP) is 3.82. The Labute approximate surface area is 134 Å². The molecule has 1 aliphatic carbocycles. The molecule has 108 valence electrons. The van der Waals surface area contributed by atoms with Gasteiger partial charge in [-0.2, -0.15) is 18.5 Å². The largest absolute Gasteiger partial charge is 0.363 e. The van der Waals surface area contributed by atoms with Gasteiger partial charge in [-0.25, -0.2) is 4.98 Å². The highest BCUT2D eigenvalue weighted by Crippen LogP contribution is 2.34.